The molecule has 1 atom stereocenters. The van der Waals surface area contributed by atoms with Gasteiger partial charge in [-0.25, -0.2) is 0 Å². The molecule has 0 bridgehead atoms. The first-order valence-corrected chi connectivity index (χ1v) is 5.88. The lowest BCUT2D eigenvalue weighted by Gasteiger charge is -2.15. The Kier molecular flexibility index (Phi) is 6.04. The van der Waals surface area contributed by atoms with Crippen molar-refractivity contribution in [3.05, 3.63) is 35.9 Å². The molecule has 5 heteroatoms. The maximum Gasteiger partial charge on any atom is 0.251 e. The molecule has 0 heterocycles. The van der Waals surface area contributed by atoms with Crippen LogP contribution in [0.5, 0.6) is 0 Å². The Morgan fingerprint density at radius 3 is 2.50 bits per heavy atom. The van der Waals surface area contributed by atoms with E-state index in [1.54, 1.807) is 30.3 Å². The predicted octanol–water partition coefficient (Wildman–Crippen LogP) is 0.0853. The van der Waals surface area contributed by atoms with Crippen LogP contribution in [-0.4, -0.2) is 36.0 Å². The largest absolute Gasteiger partial charge is 0.394 e. The van der Waals surface area contributed by atoms with Crippen LogP contribution in [0, 0.1) is 0 Å². The third kappa shape index (κ3) is 4.27. The summed E-state index contributed by atoms with van der Waals surface area (Å²) in [6.07, 6.45) is 0.813. The molecule has 5 nitrogen and oxygen atoms in total. The molecule has 0 radical (unpaired) electrons. The normalized spacial score (nSPS) is 11.9. The Labute approximate surface area is 106 Å². The smallest absolute Gasteiger partial charge is 0.251 e. The van der Waals surface area contributed by atoms with Crippen molar-refractivity contribution in [1.82, 2.24) is 5.32 Å². The van der Waals surface area contributed by atoms with Crippen LogP contribution in [0.4, 0.5) is 0 Å². The molecule has 0 spiro atoms. The second-order valence-corrected chi connectivity index (χ2v) is 3.93. The summed E-state index contributed by atoms with van der Waals surface area (Å²) in [4.78, 5) is 23.5. The lowest BCUT2D eigenvalue weighted by molar-refractivity contribution is -0.121. The third-order valence-corrected chi connectivity index (χ3v) is 2.54. The molecule has 1 aromatic carbocycles. The van der Waals surface area contributed by atoms with Crippen molar-refractivity contribution in [2.75, 3.05) is 13.2 Å². The molecule has 0 aromatic heterocycles. The third-order valence-electron chi connectivity index (χ3n) is 2.54. The second kappa shape index (κ2) is 7.58. The molecular formula is C13H18N2O3. The summed E-state index contributed by atoms with van der Waals surface area (Å²) >= 11 is 0. The van der Waals surface area contributed by atoms with Gasteiger partial charge in [-0.15, -0.1) is 0 Å². The molecule has 1 rings (SSSR count). The SMILES string of the molecule is NCCCC(=O)C(CO)NC(=O)c1ccccc1. The number of carbonyl (C=O) groups excluding carboxylic acids is 2. The van der Waals surface area contributed by atoms with Crippen molar-refractivity contribution >= 4 is 11.7 Å². The average molecular weight is 250 g/mol. The fourth-order valence-corrected chi connectivity index (χ4v) is 1.51. The number of nitrogens with two attached hydrogens (primary N) is 1. The van der Waals surface area contributed by atoms with Gasteiger partial charge in [0, 0.05) is 12.0 Å². The number of hydrogen-bond acceptors (Lipinski definition) is 4. The van der Waals surface area contributed by atoms with E-state index in [4.69, 9.17) is 10.8 Å². The molecule has 0 fully saturated rings. The molecular weight excluding hydrogens is 232 g/mol. The van der Waals surface area contributed by atoms with Crippen molar-refractivity contribution in [3.8, 4) is 0 Å². The van der Waals surface area contributed by atoms with Gasteiger partial charge in [0.05, 0.1) is 6.61 Å². The number of aliphatic hydroxyl groups is 1. The van der Waals surface area contributed by atoms with Gasteiger partial charge in [0.15, 0.2) is 5.78 Å². The van der Waals surface area contributed by atoms with Crippen LogP contribution in [-0.2, 0) is 4.79 Å². The Bertz CT molecular complexity index is 392. The predicted molar refractivity (Wildman–Crippen MR) is 68.1 cm³/mol. The Morgan fingerprint density at radius 1 is 1.28 bits per heavy atom. The molecule has 0 aliphatic rings. The van der Waals surface area contributed by atoms with Crippen molar-refractivity contribution < 1.29 is 14.7 Å². The number of Topliss-reactive ketones (excluding diaryl/α,β-unsaturated/α-hetero) is 1. The van der Waals surface area contributed by atoms with E-state index >= 15 is 0 Å². The number of amides is 1. The number of hydrogen-bond donors (Lipinski definition) is 3. The highest BCUT2D eigenvalue weighted by Gasteiger charge is 2.19. The van der Waals surface area contributed by atoms with E-state index in [2.05, 4.69) is 5.32 Å². The minimum atomic E-state index is -0.857. The van der Waals surface area contributed by atoms with Gasteiger partial charge < -0.3 is 16.2 Å². The molecule has 1 unspecified atom stereocenters. The van der Waals surface area contributed by atoms with E-state index < -0.39 is 12.6 Å². The van der Waals surface area contributed by atoms with Crippen molar-refractivity contribution in [1.29, 1.82) is 0 Å². The fraction of sp³-hybridized carbons (Fsp3) is 0.385. The summed E-state index contributed by atoms with van der Waals surface area (Å²) in [7, 11) is 0. The Hall–Kier alpha value is -1.72. The van der Waals surface area contributed by atoms with Gasteiger partial charge in [-0.3, -0.25) is 9.59 Å². The van der Waals surface area contributed by atoms with Crippen LogP contribution in [0.3, 0.4) is 0 Å². The number of benzene rings is 1. The highest BCUT2D eigenvalue weighted by molar-refractivity contribution is 5.97. The van der Waals surface area contributed by atoms with E-state index in [1.807, 2.05) is 0 Å². The van der Waals surface area contributed by atoms with Crippen LogP contribution in [0.2, 0.25) is 0 Å². The zero-order valence-corrected chi connectivity index (χ0v) is 10.1. The van der Waals surface area contributed by atoms with Crippen LogP contribution in [0.25, 0.3) is 0 Å². The topological polar surface area (TPSA) is 92.4 Å². The molecule has 1 aromatic rings. The van der Waals surface area contributed by atoms with Gasteiger partial charge in [-0.05, 0) is 25.1 Å². The van der Waals surface area contributed by atoms with E-state index in [0.29, 0.717) is 18.5 Å². The first-order valence-electron chi connectivity index (χ1n) is 5.88. The summed E-state index contributed by atoms with van der Waals surface area (Å²) in [5, 5.41) is 11.6. The lowest BCUT2D eigenvalue weighted by Crippen LogP contribution is -2.43. The highest BCUT2D eigenvalue weighted by atomic mass is 16.3. The molecule has 0 aliphatic heterocycles. The maximum atomic E-state index is 11.8. The highest BCUT2D eigenvalue weighted by Crippen LogP contribution is 2.01. The van der Waals surface area contributed by atoms with Crippen LogP contribution in [0.1, 0.15) is 23.2 Å². The second-order valence-electron chi connectivity index (χ2n) is 3.93. The van der Waals surface area contributed by atoms with Gasteiger partial charge in [-0.1, -0.05) is 18.2 Å². The quantitative estimate of drug-likeness (QED) is 0.639. The van der Waals surface area contributed by atoms with Gasteiger partial charge in [0.25, 0.3) is 5.91 Å². The van der Waals surface area contributed by atoms with Gasteiger partial charge >= 0.3 is 0 Å². The van der Waals surface area contributed by atoms with Crippen molar-refractivity contribution in [2.24, 2.45) is 5.73 Å². The van der Waals surface area contributed by atoms with Gasteiger partial charge in [0.2, 0.25) is 0 Å². The van der Waals surface area contributed by atoms with E-state index in [-0.39, 0.29) is 18.1 Å². The number of ketones is 1. The fourth-order valence-electron chi connectivity index (χ4n) is 1.51. The molecule has 98 valence electrons. The van der Waals surface area contributed by atoms with Gasteiger partial charge in [0.1, 0.15) is 6.04 Å². The molecule has 18 heavy (non-hydrogen) atoms. The minimum Gasteiger partial charge on any atom is -0.394 e. The van der Waals surface area contributed by atoms with Crippen molar-refractivity contribution in [3.63, 3.8) is 0 Å². The van der Waals surface area contributed by atoms with Crippen molar-refractivity contribution in [2.45, 2.75) is 18.9 Å². The number of carbonyl (C=O) groups is 2. The summed E-state index contributed by atoms with van der Waals surface area (Å²) in [5.74, 6) is -0.567. The molecule has 1 amide bonds. The zero-order valence-electron chi connectivity index (χ0n) is 10.1. The van der Waals surface area contributed by atoms with Crippen LogP contribution in [0.15, 0.2) is 30.3 Å². The van der Waals surface area contributed by atoms with E-state index in [1.165, 1.54) is 0 Å². The Morgan fingerprint density at radius 2 is 1.94 bits per heavy atom. The minimum absolute atomic E-state index is 0.202. The number of rotatable bonds is 7. The number of nitrogens with one attached hydrogen (secondary N) is 1. The zero-order chi connectivity index (χ0) is 13.4. The molecule has 4 N–H and O–H groups in total. The summed E-state index contributed by atoms with van der Waals surface area (Å²) < 4.78 is 0. The first kappa shape index (κ1) is 14.3. The monoisotopic (exact) mass is 250 g/mol. The summed E-state index contributed by atoms with van der Waals surface area (Å²) in [6, 6.07) is 7.71. The average Bonchev–Trinajstić information content (AvgIpc) is 2.42. The van der Waals surface area contributed by atoms with Crippen LogP contribution < -0.4 is 11.1 Å². The molecule has 0 aliphatic carbocycles. The summed E-state index contributed by atoms with van der Waals surface area (Å²) in [5.41, 5.74) is 5.77. The van der Waals surface area contributed by atoms with Gasteiger partial charge in [-0.2, -0.15) is 0 Å². The van der Waals surface area contributed by atoms with E-state index in [9.17, 15) is 9.59 Å². The Balaban J connectivity index is 2.58. The molecule has 0 saturated carbocycles. The number of aliphatic hydroxyl groups excluding tert-OH is 1. The lowest BCUT2D eigenvalue weighted by atomic mass is 10.1. The molecule has 0 saturated heterocycles. The van der Waals surface area contributed by atoms with E-state index in [0.717, 1.165) is 0 Å². The maximum absolute atomic E-state index is 11.8. The standard InChI is InChI=1S/C13H18N2O3/c14-8-4-7-12(17)11(9-16)15-13(18)10-5-2-1-3-6-10/h1-3,5-6,11,16H,4,7-9,14H2,(H,15,18). The first-order chi connectivity index (χ1) is 8.69. The summed E-state index contributed by atoms with van der Waals surface area (Å²) in [6.45, 7) is 0.0124. The van der Waals surface area contributed by atoms with Crippen LogP contribution >= 0.6 is 0 Å².